The third-order valence-electron chi connectivity index (χ3n) is 5.58. The Labute approximate surface area is 191 Å². The first-order valence-corrected chi connectivity index (χ1v) is 10.8. The van der Waals surface area contributed by atoms with Gasteiger partial charge >= 0.3 is 6.03 Å². The lowest BCUT2D eigenvalue weighted by Gasteiger charge is -2.29. The molecular weight excluding hydrogens is 419 g/mol. The Morgan fingerprint density at radius 2 is 1.85 bits per heavy atom. The van der Waals surface area contributed by atoms with Gasteiger partial charge in [0, 0.05) is 12.2 Å². The van der Waals surface area contributed by atoms with Gasteiger partial charge in [-0.05, 0) is 68.8 Å². The molecule has 7 heteroatoms. The maximum absolute atomic E-state index is 13.6. The van der Waals surface area contributed by atoms with Gasteiger partial charge in [-0.1, -0.05) is 30.3 Å². The Kier molecular flexibility index (Phi) is 6.22. The van der Waals surface area contributed by atoms with E-state index in [9.17, 15) is 14.0 Å². The van der Waals surface area contributed by atoms with Crippen LogP contribution in [0, 0.1) is 12.7 Å². The predicted octanol–water partition coefficient (Wildman–Crippen LogP) is 5.45. The van der Waals surface area contributed by atoms with Crippen LogP contribution >= 0.6 is 0 Å². The Hall–Kier alpha value is -4.00. The van der Waals surface area contributed by atoms with E-state index in [2.05, 4.69) is 5.32 Å². The van der Waals surface area contributed by atoms with E-state index in [4.69, 9.17) is 4.98 Å². The molecule has 0 spiro atoms. The molecule has 6 nitrogen and oxygen atoms in total. The average molecular weight is 445 g/mol. The summed E-state index contributed by atoms with van der Waals surface area (Å²) in [5, 5.41) is 3.24. The molecule has 1 atom stereocenters. The zero-order valence-corrected chi connectivity index (χ0v) is 18.7. The lowest BCUT2D eigenvalue weighted by atomic mass is 10.1. The highest BCUT2D eigenvalue weighted by atomic mass is 19.1. The number of nitrogens with one attached hydrogen (secondary N) is 1. The summed E-state index contributed by atoms with van der Waals surface area (Å²) >= 11 is 0. The van der Waals surface area contributed by atoms with Crippen LogP contribution in [0.3, 0.4) is 0 Å². The molecule has 4 aromatic rings. The second-order valence-electron chi connectivity index (χ2n) is 7.87. The highest BCUT2D eigenvalue weighted by Crippen LogP contribution is 2.24. The number of hydrogen-bond acceptors (Lipinski definition) is 3. The molecule has 0 aliphatic rings. The topological polar surface area (TPSA) is 67.2 Å². The summed E-state index contributed by atoms with van der Waals surface area (Å²) in [7, 11) is 0. The first kappa shape index (κ1) is 22.2. The first-order chi connectivity index (χ1) is 15.9. The third-order valence-corrected chi connectivity index (χ3v) is 5.58. The van der Waals surface area contributed by atoms with Gasteiger partial charge in [0.25, 0.3) is 5.56 Å². The average Bonchev–Trinajstić information content (AvgIpc) is 2.79. The number of urea groups is 1. The summed E-state index contributed by atoms with van der Waals surface area (Å²) in [5.41, 5.74) is 2.40. The van der Waals surface area contributed by atoms with Gasteiger partial charge in [0.2, 0.25) is 0 Å². The maximum atomic E-state index is 13.6. The highest BCUT2D eigenvalue weighted by molar-refractivity contribution is 5.89. The van der Waals surface area contributed by atoms with Crippen molar-refractivity contribution in [1.29, 1.82) is 0 Å². The molecule has 0 saturated heterocycles. The van der Waals surface area contributed by atoms with E-state index in [-0.39, 0.29) is 5.56 Å². The fourth-order valence-electron chi connectivity index (χ4n) is 3.94. The van der Waals surface area contributed by atoms with Crippen LogP contribution in [0.5, 0.6) is 0 Å². The number of aryl methyl sites for hydroxylation is 1. The van der Waals surface area contributed by atoms with Crippen molar-refractivity contribution in [2.24, 2.45) is 0 Å². The number of para-hydroxylation sites is 1. The van der Waals surface area contributed by atoms with Crippen LogP contribution in [0.15, 0.2) is 77.6 Å². The molecule has 1 aromatic heterocycles. The number of anilines is 1. The smallest absolute Gasteiger partial charge is 0.315 e. The molecule has 1 unspecified atom stereocenters. The van der Waals surface area contributed by atoms with Crippen LogP contribution in [0.2, 0.25) is 0 Å². The summed E-state index contributed by atoms with van der Waals surface area (Å²) in [5.74, 6) is 0.00826. The van der Waals surface area contributed by atoms with Crippen LogP contribution in [0.4, 0.5) is 14.9 Å². The standard InChI is InChI=1S/C26H25FN4O2/c1-4-30(26(33)28-20-11-8-10-19(27)16-20)18(3)24-29-23-14-6-5-13-22(23)25(32)31(24)21-12-7-9-17(2)15-21/h5-16,18H,4H2,1-3H3,(H,28,33). The van der Waals surface area contributed by atoms with Crippen LogP contribution in [-0.4, -0.2) is 27.0 Å². The van der Waals surface area contributed by atoms with Gasteiger partial charge in [-0.25, -0.2) is 14.2 Å². The number of carbonyl (C=O) groups excluding carboxylic acids is 1. The molecule has 0 bridgehead atoms. The number of aromatic nitrogens is 2. The van der Waals surface area contributed by atoms with Crippen molar-refractivity contribution in [3.63, 3.8) is 0 Å². The minimum Gasteiger partial charge on any atom is -0.315 e. The number of nitrogens with zero attached hydrogens (tertiary/aromatic N) is 3. The summed E-state index contributed by atoms with van der Waals surface area (Å²) in [6.07, 6.45) is 0. The Morgan fingerprint density at radius 1 is 1.09 bits per heavy atom. The second-order valence-corrected chi connectivity index (χ2v) is 7.87. The summed E-state index contributed by atoms with van der Waals surface area (Å²) in [4.78, 5) is 33.0. The number of amides is 2. The molecule has 0 aliphatic heterocycles. The van der Waals surface area contributed by atoms with E-state index in [1.54, 1.807) is 33.7 Å². The van der Waals surface area contributed by atoms with E-state index in [0.29, 0.717) is 34.6 Å². The van der Waals surface area contributed by atoms with E-state index in [1.165, 1.54) is 18.2 Å². The molecule has 168 valence electrons. The summed E-state index contributed by atoms with van der Waals surface area (Å²) in [6, 6.07) is 19.6. The second kappa shape index (κ2) is 9.24. The molecular formula is C26H25FN4O2. The van der Waals surface area contributed by atoms with Crippen molar-refractivity contribution in [3.8, 4) is 5.69 Å². The van der Waals surface area contributed by atoms with E-state index < -0.39 is 17.9 Å². The van der Waals surface area contributed by atoms with Crippen molar-refractivity contribution in [3.05, 3.63) is 100 Å². The zero-order chi connectivity index (χ0) is 23.5. The number of carbonyl (C=O) groups is 1. The molecule has 0 fully saturated rings. The monoisotopic (exact) mass is 444 g/mol. The van der Waals surface area contributed by atoms with Crippen LogP contribution in [0.25, 0.3) is 16.6 Å². The quantitative estimate of drug-likeness (QED) is 0.445. The van der Waals surface area contributed by atoms with Crippen molar-refractivity contribution in [2.75, 3.05) is 11.9 Å². The number of benzene rings is 3. The van der Waals surface area contributed by atoms with E-state index >= 15 is 0 Å². The van der Waals surface area contributed by atoms with E-state index in [0.717, 1.165) is 5.56 Å². The number of fused-ring (bicyclic) bond motifs is 1. The van der Waals surface area contributed by atoms with Crippen molar-refractivity contribution >= 4 is 22.6 Å². The predicted molar refractivity (Wildman–Crippen MR) is 128 cm³/mol. The molecule has 4 rings (SSSR count). The SMILES string of the molecule is CCN(C(=O)Nc1cccc(F)c1)C(C)c1nc2ccccc2c(=O)n1-c1cccc(C)c1. The summed E-state index contributed by atoms with van der Waals surface area (Å²) in [6.45, 7) is 5.99. The largest absolute Gasteiger partial charge is 0.322 e. The maximum Gasteiger partial charge on any atom is 0.322 e. The lowest BCUT2D eigenvalue weighted by Crippen LogP contribution is -2.39. The molecule has 33 heavy (non-hydrogen) atoms. The minimum atomic E-state index is -0.540. The molecule has 2 amide bonds. The minimum absolute atomic E-state index is 0.199. The molecule has 3 aromatic carbocycles. The Bertz CT molecular complexity index is 1380. The van der Waals surface area contributed by atoms with Gasteiger partial charge in [-0.2, -0.15) is 0 Å². The van der Waals surface area contributed by atoms with Crippen molar-refractivity contribution < 1.29 is 9.18 Å². The van der Waals surface area contributed by atoms with Crippen molar-refractivity contribution in [2.45, 2.75) is 26.8 Å². The van der Waals surface area contributed by atoms with Gasteiger partial charge in [0.1, 0.15) is 11.6 Å². The third kappa shape index (κ3) is 4.48. The molecule has 0 aliphatic carbocycles. The first-order valence-electron chi connectivity index (χ1n) is 10.8. The summed E-state index contributed by atoms with van der Waals surface area (Å²) < 4.78 is 15.1. The van der Waals surface area contributed by atoms with Gasteiger partial charge in [-0.3, -0.25) is 9.36 Å². The van der Waals surface area contributed by atoms with Crippen LogP contribution < -0.4 is 10.9 Å². The Balaban J connectivity index is 1.82. The van der Waals surface area contributed by atoms with Crippen molar-refractivity contribution in [1.82, 2.24) is 14.5 Å². The normalized spacial score (nSPS) is 11.9. The molecule has 0 saturated carbocycles. The fraction of sp³-hybridized carbons (Fsp3) is 0.192. The van der Waals surface area contributed by atoms with E-state index in [1.807, 2.05) is 51.1 Å². The number of halogens is 1. The van der Waals surface area contributed by atoms with Gasteiger partial charge < -0.3 is 10.2 Å². The van der Waals surface area contributed by atoms with Crippen LogP contribution in [0.1, 0.15) is 31.3 Å². The van der Waals surface area contributed by atoms with Crippen LogP contribution in [-0.2, 0) is 0 Å². The zero-order valence-electron chi connectivity index (χ0n) is 18.7. The molecule has 1 N–H and O–H groups in total. The molecule has 0 radical (unpaired) electrons. The Morgan fingerprint density at radius 3 is 2.58 bits per heavy atom. The number of rotatable bonds is 5. The lowest BCUT2D eigenvalue weighted by molar-refractivity contribution is 0.193. The fourth-order valence-corrected chi connectivity index (χ4v) is 3.94. The van der Waals surface area contributed by atoms with Gasteiger partial charge in [-0.15, -0.1) is 0 Å². The highest BCUT2D eigenvalue weighted by Gasteiger charge is 2.26. The number of hydrogen-bond donors (Lipinski definition) is 1. The molecule has 1 heterocycles. The van der Waals surface area contributed by atoms with Gasteiger partial charge in [0.05, 0.1) is 22.6 Å². The van der Waals surface area contributed by atoms with Gasteiger partial charge in [0.15, 0.2) is 0 Å².